The summed E-state index contributed by atoms with van der Waals surface area (Å²) >= 11 is 0. The zero-order chi connectivity index (χ0) is 14.2. The van der Waals surface area contributed by atoms with Crippen molar-refractivity contribution in [3.05, 3.63) is 35.9 Å². The van der Waals surface area contributed by atoms with Crippen LogP contribution in [0, 0.1) is 5.92 Å². The highest BCUT2D eigenvalue weighted by Crippen LogP contribution is 2.24. The zero-order valence-electron chi connectivity index (χ0n) is 12.0. The predicted molar refractivity (Wildman–Crippen MR) is 78.3 cm³/mol. The third-order valence-corrected chi connectivity index (χ3v) is 3.91. The fourth-order valence-corrected chi connectivity index (χ4v) is 2.76. The van der Waals surface area contributed by atoms with Crippen molar-refractivity contribution in [3.8, 4) is 0 Å². The SMILES string of the molecule is O=C1CCCCCC1CC(O)COCc1ccccc1. The molecule has 0 spiro atoms. The molecule has 2 rings (SSSR count). The highest BCUT2D eigenvalue weighted by atomic mass is 16.5. The van der Waals surface area contributed by atoms with E-state index in [1.54, 1.807) is 0 Å². The zero-order valence-corrected chi connectivity index (χ0v) is 12.0. The molecule has 2 unspecified atom stereocenters. The van der Waals surface area contributed by atoms with E-state index >= 15 is 0 Å². The van der Waals surface area contributed by atoms with Crippen molar-refractivity contribution in [2.75, 3.05) is 6.61 Å². The predicted octanol–water partition coefficient (Wildman–Crippen LogP) is 3.10. The molecule has 20 heavy (non-hydrogen) atoms. The van der Waals surface area contributed by atoms with Gasteiger partial charge in [-0.1, -0.05) is 43.2 Å². The van der Waals surface area contributed by atoms with E-state index < -0.39 is 6.10 Å². The minimum Gasteiger partial charge on any atom is -0.391 e. The molecule has 0 bridgehead atoms. The minimum atomic E-state index is -0.536. The van der Waals surface area contributed by atoms with Gasteiger partial charge in [-0.05, 0) is 24.8 Å². The Morgan fingerprint density at radius 1 is 1.20 bits per heavy atom. The van der Waals surface area contributed by atoms with Crippen LogP contribution in [0.15, 0.2) is 30.3 Å². The number of ether oxygens (including phenoxy) is 1. The van der Waals surface area contributed by atoms with Crippen molar-refractivity contribution in [3.63, 3.8) is 0 Å². The van der Waals surface area contributed by atoms with Gasteiger partial charge < -0.3 is 9.84 Å². The molecule has 1 aromatic rings. The molecule has 1 aliphatic carbocycles. The lowest BCUT2D eigenvalue weighted by Crippen LogP contribution is -2.23. The van der Waals surface area contributed by atoms with E-state index in [1.165, 1.54) is 0 Å². The van der Waals surface area contributed by atoms with E-state index in [2.05, 4.69) is 0 Å². The second kappa shape index (κ2) is 8.18. The van der Waals surface area contributed by atoms with Gasteiger partial charge in [0.25, 0.3) is 0 Å². The lowest BCUT2D eigenvalue weighted by atomic mass is 9.93. The molecule has 1 aliphatic rings. The number of ketones is 1. The molecule has 0 aliphatic heterocycles. The summed E-state index contributed by atoms with van der Waals surface area (Å²) in [5, 5.41) is 10.0. The molecule has 0 aromatic heterocycles. The number of aliphatic hydroxyl groups excluding tert-OH is 1. The van der Waals surface area contributed by atoms with Gasteiger partial charge in [0, 0.05) is 12.3 Å². The first-order valence-electron chi connectivity index (χ1n) is 7.58. The number of Topliss-reactive ketones (excluding diaryl/α,β-unsaturated/α-hetero) is 1. The number of benzene rings is 1. The van der Waals surface area contributed by atoms with Crippen molar-refractivity contribution in [1.29, 1.82) is 0 Å². The molecular weight excluding hydrogens is 252 g/mol. The Morgan fingerprint density at radius 2 is 2.00 bits per heavy atom. The van der Waals surface area contributed by atoms with Gasteiger partial charge in [0.15, 0.2) is 0 Å². The van der Waals surface area contributed by atoms with Gasteiger partial charge in [-0.2, -0.15) is 0 Å². The summed E-state index contributed by atoms with van der Waals surface area (Å²) in [6.07, 6.45) is 4.88. The molecule has 1 fully saturated rings. The fourth-order valence-electron chi connectivity index (χ4n) is 2.76. The summed E-state index contributed by atoms with van der Waals surface area (Å²) in [5.41, 5.74) is 1.10. The maximum absolute atomic E-state index is 11.9. The first-order valence-corrected chi connectivity index (χ1v) is 7.58. The Kier molecular flexibility index (Phi) is 6.22. The Balaban J connectivity index is 1.69. The third kappa shape index (κ3) is 5.06. The summed E-state index contributed by atoms with van der Waals surface area (Å²) < 4.78 is 5.53. The van der Waals surface area contributed by atoms with E-state index in [1.807, 2.05) is 30.3 Å². The average molecular weight is 276 g/mol. The van der Waals surface area contributed by atoms with Crippen molar-refractivity contribution in [1.82, 2.24) is 0 Å². The van der Waals surface area contributed by atoms with Crippen molar-refractivity contribution in [2.45, 2.75) is 51.2 Å². The second-order valence-corrected chi connectivity index (χ2v) is 5.65. The topological polar surface area (TPSA) is 46.5 Å². The maximum Gasteiger partial charge on any atom is 0.136 e. The van der Waals surface area contributed by atoms with Crippen molar-refractivity contribution < 1.29 is 14.6 Å². The van der Waals surface area contributed by atoms with E-state index in [4.69, 9.17) is 4.74 Å². The van der Waals surface area contributed by atoms with Crippen LogP contribution in [-0.4, -0.2) is 23.6 Å². The second-order valence-electron chi connectivity index (χ2n) is 5.65. The Bertz CT molecular complexity index is 402. The third-order valence-electron chi connectivity index (χ3n) is 3.91. The first kappa shape index (κ1) is 15.2. The molecule has 3 nitrogen and oxygen atoms in total. The summed E-state index contributed by atoms with van der Waals surface area (Å²) in [6.45, 7) is 0.815. The van der Waals surface area contributed by atoms with Crippen LogP contribution < -0.4 is 0 Å². The van der Waals surface area contributed by atoms with Gasteiger partial charge in [-0.25, -0.2) is 0 Å². The van der Waals surface area contributed by atoms with Crippen LogP contribution in [0.2, 0.25) is 0 Å². The van der Waals surface area contributed by atoms with Crippen LogP contribution in [0.25, 0.3) is 0 Å². The van der Waals surface area contributed by atoms with E-state index in [9.17, 15) is 9.90 Å². The first-order chi connectivity index (χ1) is 9.75. The minimum absolute atomic E-state index is 0.0350. The van der Waals surface area contributed by atoms with E-state index in [0.29, 0.717) is 31.8 Å². The molecule has 110 valence electrons. The van der Waals surface area contributed by atoms with Crippen molar-refractivity contribution in [2.24, 2.45) is 5.92 Å². The molecular formula is C17H24O3. The lowest BCUT2D eigenvalue weighted by Gasteiger charge is -2.17. The maximum atomic E-state index is 11.9. The van der Waals surface area contributed by atoms with E-state index in [-0.39, 0.29) is 5.92 Å². The Labute approximate surface area is 121 Å². The molecule has 0 amide bonds. The van der Waals surface area contributed by atoms with Gasteiger partial charge in [0.2, 0.25) is 0 Å². The van der Waals surface area contributed by atoms with Crippen LogP contribution in [0.3, 0.4) is 0 Å². The number of aliphatic hydroxyl groups is 1. The molecule has 2 atom stereocenters. The standard InChI is InChI=1S/C17H24O3/c18-16(11-15-9-5-2-6-10-17(15)19)13-20-12-14-7-3-1-4-8-14/h1,3-4,7-8,15-16,18H,2,5-6,9-13H2. The number of hydrogen-bond donors (Lipinski definition) is 1. The molecule has 1 aromatic carbocycles. The number of carbonyl (C=O) groups is 1. The quantitative estimate of drug-likeness (QED) is 0.812. The molecule has 1 saturated carbocycles. The smallest absolute Gasteiger partial charge is 0.136 e. The van der Waals surface area contributed by atoms with Gasteiger partial charge >= 0.3 is 0 Å². The molecule has 1 N–H and O–H groups in total. The summed E-state index contributed by atoms with van der Waals surface area (Å²) in [7, 11) is 0. The largest absolute Gasteiger partial charge is 0.391 e. The summed E-state index contributed by atoms with van der Waals surface area (Å²) in [4.78, 5) is 11.9. The number of rotatable bonds is 6. The normalized spacial score (nSPS) is 21.4. The van der Waals surface area contributed by atoms with Crippen LogP contribution >= 0.6 is 0 Å². The van der Waals surface area contributed by atoms with E-state index in [0.717, 1.165) is 31.2 Å². The molecule has 0 saturated heterocycles. The molecule has 0 heterocycles. The lowest BCUT2D eigenvalue weighted by molar-refractivity contribution is -0.124. The van der Waals surface area contributed by atoms with Crippen LogP contribution in [0.1, 0.15) is 44.1 Å². The van der Waals surface area contributed by atoms with Gasteiger partial charge in [0.05, 0.1) is 19.3 Å². The Morgan fingerprint density at radius 3 is 2.80 bits per heavy atom. The Hall–Kier alpha value is -1.19. The van der Waals surface area contributed by atoms with Crippen LogP contribution in [-0.2, 0) is 16.1 Å². The van der Waals surface area contributed by atoms with Crippen LogP contribution in [0.5, 0.6) is 0 Å². The molecule has 3 heteroatoms. The van der Waals surface area contributed by atoms with Gasteiger partial charge in [-0.15, -0.1) is 0 Å². The summed E-state index contributed by atoms with van der Waals surface area (Å²) in [5.74, 6) is 0.359. The van der Waals surface area contributed by atoms with Gasteiger partial charge in [-0.3, -0.25) is 4.79 Å². The van der Waals surface area contributed by atoms with Gasteiger partial charge in [0.1, 0.15) is 5.78 Å². The summed E-state index contributed by atoms with van der Waals surface area (Å²) in [6, 6.07) is 9.91. The number of hydrogen-bond acceptors (Lipinski definition) is 3. The molecule has 0 radical (unpaired) electrons. The average Bonchev–Trinajstić information content (AvgIpc) is 2.65. The van der Waals surface area contributed by atoms with Crippen molar-refractivity contribution >= 4 is 5.78 Å². The monoisotopic (exact) mass is 276 g/mol. The highest BCUT2D eigenvalue weighted by molar-refractivity contribution is 5.81. The van der Waals surface area contributed by atoms with Crippen LogP contribution in [0.4, 0.5) is 0 Å². The fraction of sp³-hybridized carbons (Fsp3) is 0.588. The highest BCUT2D eigenvalue weighted by Gasteiger charge is 2.23. The number of carbonyl (C=O) groups excluding carboxylic acids is 1.